The molecule has 0 aliphatic rings. The van der Waals surface area contributed by atoms with E-state index in [1.807, 2.05) is 38.1 Å². The van der Waals surface area contributed by atoms with Gasteiger partial charge in [0.25, 0.3) is 0 Å². The van der Waals surface area contributed by atoms with Crippen LogP contribution in [0.4, 0.5) is 0 Å². The summed E-state index contributed by atoms with van der Waals surface area (Å²) in [5.41, 5.74) is 1.87. The minimum absolute atomic E-state index is 0.641. The maximum atomic E-state index is 5.68. The van der Waals surface area contributed by atoms with E-state index in [-0.39, 0.29) is 0 Å². The van der Waals surface area contributed by atoms with E-state index < -0.39 is 0 Å². The van der Waals surface area contributed by atoms with Gasteiger partial charge in [0.1, 0.15) is 22.5 Å². The smallest absolute Gasteiger partial charge is 0.162 e. The van der Waals surface area contributed by atoms with Crippen LogP contribution >= 0.6 is 44.3 Å². The fourth-order valence-electron chi connectivity index (χ4n) is 2.49. The van der Waals surface area contributed by atoms with Gasteiger partial charge in [0, 0.05) is 0 Å². The standard InChI is InChI=1S/C18H16N2O2S4/c1-3-21-11-7-5-9-13-15(11)19-17(23-13)25-26-18-20-16-12(22-4-2)8-6-10-14(16)24-18/h5-10H,3-4H2,1-2H3. The molecule has 0 aliphatic carbocycles. The van der Waals surface area contributed by atoms with E-state index in [0.717, 1.165) is 40.6 Å². The maximum Gasteiger partial charge on any atom is 0.162 e. The number of aromatic nitrogens is 2. The quantitative estimate of drug-likeness (QED) is 0.318. The van der Waals surface area contributed by atoms with Gasteiger partial charge in [-0.15, -0.1) is 22.7 Å². The normalized spacial score (nSPS) is 11.3. The molecule has 26 heavy (non-hydrogen) atoms. The van der Waals surface area contributed by atoms with Crippen LogP contribution in [0.15, 0.2) is 45.1 Å². The zero-order chi connectivity index (χ0) is 17.9. The van der Waals surface area contributed by atoms with Gasteiger partial charge in [-0.3, -0.25) is 0 Å². The number of fused-ring (bicyclic) bond motifs is 2. The van der Waals surface area contributed by atoms with Gasteiger partial charge >= 0.3 is 0 Å². The molecule has 0 aliphatic heterocycles. The third-order valence-electron chi connectivity index (χ3n) is 3.51. The molecule has 0 saturated carbocycles. The van der Waals surface area contributed by atoms with Crippen molar-refractivity contribution in [2.24, 2.45) is 0 Å². The summed E-state index contributed by atoms with van der Waals surface area (Å²) in [5.74, 6) is 1.69. The molecule has 0 fully saturated rings. The fraction of sp³-hybridized carbons (Fsp3) is 0.222. The number of benzene rings is 2. The zero-order valence-electron chi connectivity index (χ0n) is 14.2. The summed E-state index contributed by atoms with van der Waals surface area (Å²) in [5, 5.41) is 0. The number of hydrogen-bond donors (Lipinski definition) is 0. The van der Waals surface area contributed by atoms with Crippen LogP contribution in [0, 0.1) is 0 Å². The van der Waals surface area contributed by atoms with E-state index in [2.05, 4.69) is 12.1 Å². The molecule has 0 spiro atoms. The molecule has 8 heteroatoms. The first-order valence-electron chi connectivity index (χ1n) is 8.17. The number of para-hydroxylation sites is 2. The second-order valence-corrected chi connectivity index (χ2v) is 9.88. The van der Waals surface area contributed by atoms with Crippen molar-refractivity contribution < 1.29 is 9.47 Å². The summed E-state index contributed by atoms with van der Waals surface area (Å²) in [6.45, 7) is 5.25. The Bertz CT molecular complexity index is 960. The number of nitrogens with zero attached hydrogens (tertiary/aromatic N) is 2. The van der Waals surface area contributed by atoms with Gasteiger partial charge in [0.05, 0.1) is 22.6 Å². The summed E-state index contributed by atoms with van der Waals surface area (Å²) in [4.78, 5) is 9.47. The van der Waals surface area contributed by atoms with Crippen molar-refractivity contribution in [3.63, 3.8) is 0 Å². The maximum absolute atomic E-state index is 5.68. The van der Waals surface area contributed by atoms with Crippen LogP contribution in [-0.4, -0.2) is 23.2 Å². The molecule has 0 saturated heterocycles. The van der Waals surface area contributed by atoms with Gasteiger partial charge in [-0.05, 0) is 59.7 Å². The molecule has 0 amide bonds. The number of rotatable bonds is 7. The van der Waals surface area contributed by atoms with Crippen molar-refractivity contribution in [1.29, 1.82) is 0 Å². The van der Waals surface area contributed by atoms with Crippen LogP contribution in [0.3, 0.4) is 0 Å². The SMILES string of the molecule is CCOc1cccc2sc(SSc3nc4c(OCC)cccc4s3)nc12. The Morgan fingerprint density at radius 2 is 1.23 bits per heavy atom. The average Bonchev–Trinajstić information content (AvgIpc) is 3.25. The second-order valence-electron chi connectivity index (χ2n) is 5.20. The largest absolute Gasteiger partial charge is 0.492 e. The third kappa shape index (κ3) is 3.64. The lowest BCUT2D eigenvalue weighted by Gasteiger charge is -2.02. The molecule has 2 aromatic carbocycles. The van der Waals surface area contributed by atoms with Crippen molar-refractivity contribution in [3.05, 3.63) is 36.4 Å². The number of thiazole rings is 2. The Kier molecular flexibility index (Phi) is 5.54. The summed E-state index contributed by atoms with van der Waals surface area (Å²) < 4.78 is 15.6. The average molecular weight is 421 g/mol. The minimum atomic E-state index is 0.641. The number of hydrogen-bond acceptors (Lipinski definition) is 8. The summed E-state index contributed by atoms with van der Waals surface area (Å²) >= 11 is 3.36. The van der Waals surface area contributed by atoms with Gasteiger partial charge in [-0.2, -0.15) is 0 Å². The molecule has 0 bridgehead atoms. The topological polar surface area (TPSA) is 44.2 Å². The first-order valence-corrected chi connectivity index (χ1v) is 12.0. The van der Waals surface area contributed by atoms with E-state index in [1.165, 1.54) is 0 Å². The van der Waals surface area contributed by atoms with Crippen LogP contribution in [0.2, 0.25) is 0 Å². The molecule has 134 valence electrons. The number of ether oxygens (including phenoxy) is 2. The van der Waals surface area contributed by atoms with E-state index in [1.54, 1.807) is 44.3 Å². The van der Waals surface area contributed by atoms with Gasteiger partial charge in [-0.25, -0.2) is 9.97 Å². The highest BCUT2D eigenvalue weighted by Gasteiger charge is 2.13. The van der Waals surface area contributed by atoms with Crippen LogP contribution in [-0.2, 0) is 0 Å². The van der Waals surface area contributed by atoms with Crippen LogP contribution in [0.25, 0.3) is 20.4 Å². The van der Waals surface area contributed by atoms with Crippen LogP contribution < -0.4 is 9.47 Å². The lowest BCUT2D eigenvalue weighted by atomic mass is 10.3. The molecule has 0 atom stereocenters. The zero-order valence-corrected chi connectivity index (χ0v) is 17.5. The fourth-order valence-corrected chi connectivity index (χ4v) is 7.01. The summed E-state index contributed by atoms with van der Waals surface area (Å²) in [6.07, 6.45) is 0. The van der Waals surface area contributed by atoms with Crippen LogP contribution in [0.1, 0.15) is 13.8 Å². The Hall–Kier alpha value is -1.48. The predicted octanol–water partition coefficient (Wildman–Crippen LogP) is 6.50. The highest BCUT2D eigenvalue weighted by atomic mass is 33.1. The first-order chi connectivity index (χ1) is 12.8. The van der Waals surface area contributed by atoms with Gasteiger partial charge in [-0.1, -0.05) is 12.1 Å². The van der Waals surface area contributed by atoms with Gasteiger partial charge in [0.2, 0.25) is 0 Å². The highest BCUT2D eigenvalue weighted by molar-refractivity contribution is 8.77. The lowest BCUT2D eigenvalue weighted by molar-refractivity contribution is 0.343. The second kappa shape index (κ2) is 8.04. The molecule has 4 aromatic rings. The Balaban J connectivity index is 1.55. The molecule has 2 heterocycles. The molecule has 0 radical (unpaired) electrons. The van der Waals surface area contributed by atoms with Crippen molar-refractivity contribution in [2.75, 3.05) is 13.2 Å². The lowest BCUT2D eigenvalue weighted by Crippen LogP contribution is -1.91. The summed E-state index contributed by atoms with van der Waals surface area (Å²) in [7, 11) is 3.27. The molecule has 2 aromatic heterocycles. The predicted molar refractivity (Wildman–Crippen MR) is 113 cm³/mol. The van der Waals surface area contributed by atoms with E-state index in [4.69, 9.17) is 19.4 Å². The molecule has 0 unspecified atom stereocenters. The highest BCUT2D eigenvalue weighted by Crippen LogP contribution is 2.45. The first kappa shape index (κ1) is 17.9. The van der Waals surface area contributed by atoms with Crippen molar-refractivity contribution >= 4 is 64.7 Å². The Labute approximate surface area is 167 Å². The molecule has 4 rings (SSSR count). The monoisotopic (exact) mass is 420 g/mol. The van der Waals surface area contributed by atoms with Crippen molar-refractivity contribution in [3.8, 4) is 11.5 Å². The van der Waals surface area contributed by atoms with Crippen molar-refractivity contribution in [1.82, 2.24) is 9.97 Å². The van der Waals surface area contributed by atoms with E-state index in [9.17, 15) is 0 Å². The van der Waals surface area contributed by atoms with Gasteiger partial charge < -0.3 is 9.47 Å². The summed E-state index contributed by atoms with van der Waals surface area (Å²) in [6, 6.07) is 12.1. The van der Waals surface area contributed by atoms with Crippen LogP contribution in [0.5, 0.6) is 11.5 Å². The van der Waals surface area contributed by atoms with Crippen molar-refractivity contribution in [2.45, 2.75) is 22.5 Å². The molecule has 0 N–H and O–H groups in total. The Morgan fingerprint density at radius 3 is 1.65 bits per heavy atom. The molecular weight excluding hydrogens is 404 g/mol. The molecular formula is C18H16N2O2S4. The van der Waals surface area contributed by atoms with E-state index >= 15 is 0 Å². The van der Waals surface area contributed by atoms with E-state index in [0.29, 0.717) is 13.2 Å². The van der Waals surface area contributed by atoms with Gasteiger partial charge in [0.15, 0.2) is 8.68 Å². The molecule has 4 nitrogen and oxygen atoms in total. The third-order valence-corrected chi connectivity index (χ3v) is 8.52. The Morgan fingerprint density at radius 1 is 0.769 bits per heavy atom. The minimum Gasteiger partial charge on any atom is -0.492 e.